The minimum absolute atomic E-state index is 0.0631. The molecule has 1 unspecified atom stereocenters. The molecule has 1 aromatic heterocycles. The maximum atomic E-state index is 13.4. The van der Waals surface area contributed by atoms with E-state index < -0.39 is 23.7 Å². The molecule has 1 aliphatic heterocycles. The van der Waals surface area contributed by atoms with E-state index in [0.717, 1.165) is 30.6 Å². The zero-order valence-electron chi connectivity index (χ0n) is 20.9. The van der Waals surface area contributed by atoms with Crippen LogP contribution in [0.3, 0.4) is 0 Å². The first-order valence-electron chi connectivity index (χ1n) is 12.0. The van der Waals surface area contributed by atoms with Gasteiger partial charge in [0.2, 0.25) is 0 Å². The topological polar surface area (TPSA) is 106 Å². The predicted octanol–water partition coefficient (Wildman–Crippen LogP) is 5.43. The number of ether oxygens (including phenoxy) is 2. The second kappa shape index (κ2) is 11.4. The van der Waals surface area contributed by atoms with Gasteiger partial charge in [-0.05, 0) is 31.0 Å². The van der Waals surface area contributed by atoms with Crippen molar-refractivity contribution in [3.63, 3.8) is 0 Å². The highest BCUT2D eigenvalue weighted by Gasteiger charge is 2.48. The number of hydrogen-bond donors (Lipinski definition) is 1. The van der Waals surface area contributed by atoms with Crippen LogP contribution < -0.4 is 9.64 Å². The number of aliphatic hydroxyl groups excluding tert-OH is 1. The molecular formula is C28H28N2O6S. The number of nitrogens with zero attached hydrogens (tertiary/aromatic N) is 2. The van der Waals surface area contributed by atoms with Crippen LogP contribution in [0.25, 0.3) is 5.76 Å². The average molecular weight is 521 g/mol. The Morgan fingerprint density at radius 2 is 1.86 bits per heavy atom. The summed E-state index contributed by atoms with van der Waals surface area (Å²) < 4.78 is 10.7. The van der Waals surface area contributed by atoms with Crippen LogP contribution >= 0.6 is 11.3 Å². The highest BCUT2D eigenvalue weighted by Crippen LogP contribution is 2.44. The zero-order chi connectivity index (χ0) is 26.5. The second-order valence-electron chi connectivity index (χ2n) is 8.57. The summed E-state index contributed by atoms with van der Waals surface area (Å²) in [5.74, 6) is -1.97. The first-order chi connectivity index (χ1) is 17.9. The highest BCUT2D eigenvalue weighted by molar-refractivity contribution is 7.17. The van der Waals surface area contributed by atoms with E-state index in [2.05, 4.69) is 11.9 Å². The Labute approximate surface area is 219 Å². The molecule has 1 fully saturated rings. The standard InChI is InChI=1S/C28H28N2O6S/c1-4-5-9-15-36-20-14-10-13-19(16-20)22-21(23(31)18-11-7-6-8-12-18)24(32)26(33)30(22)28-29-17(2)25(37-28)27(34)35-3/h6-8,10-14,16,22,31H,4-5,9,15H2,1-3H3. The molecular weight excluding hydrogens is 492 g/mol. The highest BCUT2D eigenvalue weighted by atomic mass is 32.1. The number of amides is 1. The van der Waals surface area contributed by atoms with Gasteiger partial charge < -0.3 is 14.6 Å². The number of esters is 1. The van der Waals surface area contributed by atoms with Crippen LogP contribution in [-0.2, 0) is 14.3 Å². The lowest BCUT2D eigenvalue weighted by atomic mass is 9.95. The third-order valence-electron chi connectivity index (χ3n) is 6.04. The summed E-state index contributed by atoms with van der Waals surface area (Å²) in [5.41, 5.74) is 1.29. The van der Waals surface area contributed by atoms with Gasteiger partial charge in [-0.2, -0.15) is 0 Å². The monoisotopic (exact) mass is 520 g/mol. The van der Waals surface area contributed by atoms with Crippen LogP contribution in [0.2, 0.25) is 0 Å². The Bertz CT molecular complexity index is 1350. The first kappa shape index (κ1) is 26.1. The van der Waals surface area contributed by atoms with Gasteiger partial charge in [0, 0.05) is 5.56 Å². The fourth-order valence-corrected chi connectivity index (χ4v) is 5.19. The van der Waals surface area contributed by atoms with Crippen LogP contribution in [0.1, 0.15) is 58.7 Å². The summed E-state index contributed by atoms with van der Waals surface area (Å²) in [7, 11) is 1.26. The van der Waals surface area contributed by atoms with E-state index in [1.807, 2.05) is 6.07 Å². The van der Waals surface area contributed by atoms with Crippen molar-refractivity contribution in [1.82, 2.24) is 4.98 Å². The van der Waals surface area contributed by atoms with E-state index in [9.17, 15) is 19.5 Å². The molecule has 3 aromatic rings. The largest absolute Gasteiger partial charge is 0.507 e. The molecule has 37 heavy (non-hydrogen) atoms. The molecule has 1 amide bonds. The SMILES string of the molecule is CCCCCOc1cccc(C2C(=C(O)c3ccccc3)C(=O)C(=O)N2c2nc(C)c(C(=O)OC)s2)c1. The molecule has 0 saturated carbocycles. The van der Waals surface area contributed by atoms with Gasteiger partial charge in [0.05, 0.1) is 31.0 Å². The van der Waals surface area contributed by atoms with Gasteiger partial charge in [-0.25, -0.2) is 9.78 Å². The van der Waals surface area contributed by atoms with E-state index in [-0.39, 0.29) is 21.3 Å². The van der Waals surface area contributed by atoms with E-state index in [0.29, 0.717) is 29.2 Å². The van der Waals surface area contributed by atoms with Gasteiger partial charge in [-0.15, -0.1) is 0 Å². The van der Waals surface area contributed by atoms with E-state index in [1.54, 1.807) is 55.5 Å². The van der Waals surface area contributed by atoms with Crippen molar-refractivity contribution < 1.29 is 29.0 Å². The summed E-state index contributed by atoms with van der Waals surface area (Å²) >= 11 is 0.959. The lowest BCUT2D eigenvalue weighted by Crippen LogP contribution is -2.29. The number of hydrogen-bond acceptors (Lipinski definition) is 8. The Kier molecular flexibility index (Phi) is 8.03. The van der Waals surface area contributed by atoms with Crippen molar-refractivity contribution in [1.29, 1.82) is 0 Å². The number of aromatic nitrogens is 1. The number of rotatable bonds is 9. The molecule has 2 heterocycles. The number of methoxy groups -OCH3 is 1. The van der Waals surface area contributed by atoms with Crippen LogP contribution in [0.5, 0.6) is 5.75 Å². The summed E-state index contributed by atoms with van der Waals surface area (Å²) in [6.45, 7) is 4.28. The molecule has 1 atom stereocenters. The maximum Gasteiger partial charge on any atom is 0.350 e. The summed E-state index contributed by atoms with van der Waals surface area (Å²) in [6, 6.07) is 14.7. The molecule has 0 aliphatic carbocycles. The molecule has 9 heteroatoms. The van der Waals surface area contributed by atoms with Crippen molar-refractivity contribution in [2.24, 2.45) is 0 Å². The van der Waals surface area contributed by atoms with Crippen LogP contribution in [-0.4, -0.2) is 41.5 Å². The number of carbonyl (C=O) groups excluding carboxylic acids is 3. The van der Waals surface area contributed by atoms with Gasteiger partial charge in [-0.3, -0.25) is 14.5 Å². The lowest BCUT2D eigenvalue weighted by Gasteiger charge is -2.23. The quantitative estimate of drug-likeness (QED) is 0.132. The van der Waals surface area contributed by atoms with Crippen molar-refractivity contribution in [2.45, 2.75) is 39.2 Å². The van der Waals surface area contributed by atoms with E-state index >= 15 is 0 Å². The Balaban J connectivity index is 1.84. The van der Waals surface area contributed by atoms with Crippen molar-refractivity contribution >= 4 is 39.9 Å². The zero-order valence-corrected chi connectivity index (χ0v) is 21.7. The number of ketones is 1. The maximum absolute atomic E-state index is 13.4. The van der Waals surface area contributed by atoms with Crippen molar-refractivity contribution in [3.05, 3.63) is 81.9 Å². The number of Topliss-reactive ketones (excluding diaryl/α,β-unsaturated/α-hetero) is 1. The molecule has 1 N–H and O–H groups in total. The molecule has 0 radical (unpaired) electrons. The van der Waals surface area contributed by atoms with Gasteiger partial charge in [0.1, 0.15) is 16.4 Å². The molecule has 1 aliphatic rings. The van der Waals surface area contributed by atoms with Crippen LogP contribution in [0.4, 0.5) is 5.13 Å². The van der Waals surface area contributed by atoms with Crippen LogP contribution in [0.15, 0.2) is 60.2 Å². The van der Waals surface area contributed by atoms with Gasteiger partial charge >= 0.3 is 11.9 Å². The Hall–Kier alpha value is -3.98. The number of aliphatic hydroxyl groups is 1. The number of unbranched alkanes of at least 4 members (excludes halogenated alkanes) is 2. The fourth-order valence-electron chi connectivity index (χ4n) is 4.18. The predicted molar refractivity (Wildman–Crippen MR) is 141 cm³/mol. The number of aryl methyl sites for hydroxylation is 1. The summed E-state index contributed by atoms with van der Waals surface area (Å²) in [6.07, 6.45) is 3.02. The summed E-state index contributed by atoms with van der Waals surface area (Å²) in [4.78, 5) is 44.8. The molecule has 0 bridgehead atoms. The lowest BCUT2D eigenvalue weighted by molar-refractivity contribution is -0.132. The number of carbonyl (C=O) groups is 3. The third-order valence-corrected chi connectivity index (χ3v) is 7.18. The van der Waals surface area contributed by atoms with Crippen molar-refractivity contribution in [3.8, 4) is 5.75 Å². The first-order valence-corrected chi connectivity index (χ1v) is 12.8. The number of anilines is 1. The minimum atomic E-state index is -0.976. The van der Waals surface area contributed by atoms with Gasteiger partial charge in [0.25, 0.3) is 5.78 Å². The molecule has 2 aromatic carbocycles. The van der Waals surface area contributed by atoms with Gasteiger partial charge in [-0.1, -0.05) is 73.6 Å². The molecule has 0 spiro atoms. The Morgan fingerprint density at radius 1 is 1.11 bits per heavy atom. The molecule has 4 rings (SSSR count). The molecule has 1 saturated heterocycles. The number of benzene rings is 2. The van der Waals surface area contributed by atoms with E-state index in [1.165, 1.54) is 12.0 Å². The fraction of sp³-hybridized carbons (Fsp3) is 0.286. The smallest absolute Gasteiger partial charge is 0.350 e. The molecule has 192 valence electrons. The average Bonchev–Trinajstić information content (AvgIpc) is 3.43. The summed E-state index contributed by atoms with van der Waals surface area (Å²) in [5, 5.41) is 11.4. The third kappa shape index (κ3) is 5.27. The second-order valence-corrected chi connectivity index (χ2v) is 9.54. The normalized spacial score (nSPS) is 16.7. The van der Waals surface area contributed by atoms with Gasteiger partial charge in [0.15, 0.2) is 5.13 Å². The molecule has 8 nitrogen and oxygen atoms in total. The van der Waals surface area contributed by atoms with Crippen molar-refractivity contribution in [2.75, 3.05) is 18.6 Å². The number of thiazole rings is 1. The Morgan fingerprint density at radius 3 is 2.57 bits per heavy atom. The minimum Gasteiger partial charge on any atom is -0.507 e. The van der Waals surface area contributed by atoms with Crippen LogP contribution in [0, 0.1) is 6.92 Å². The van der Waals surface area contributed by atoms with E-state index in [4.69, 9.17) is 9.47 Å².